The predicted molar refractivity (Wildman–Crippen MR) is 79.1 cm³/mol. The number of aromatic amines is 1. The fourth-order valence-corrected chi connectivity index (χ4v) is 2.37. The molecule has 0 fully saturated rings. The lowest BCUT2D eigenvalue weighted by atomic mass is 10.00. The number of hydrazone groups is 1. The molecule has 0 unspecified atom stereocenters. The molecule has 1 aliphatic rings. The summed E-state index contributed by atoms with van der Waals surface area (Å²) in [6, 6.07) is 6.44. The van der Waals surface area contributed by atoms with E-state index >= 15 is 0 Å². The highest BCUT2D eigenvalue weighted by molar-refractivity contribution is 6.03. The van der Waals surface area contributed by atoms with Crippen molar-refractivity contribution < 1.29 is 10.2 Å². The van der Waals surface area contributed by atoms with Crippen molar-refractivity contribution in [2.24, 2.45) is 12.1 Å². The number of rotatable bonds is 2. The average molecular weight is 302 g/mol. The maximum Gasteiger partial charge on any atom is 0.330 e. The van der Waals surface area contributed by atoms with Crippen LogP contribution >= 0.6 is 0 Å². The van der Waals surface area contributed by atoms with Crippen LogP contribution in [0.5, 0.6) is 11.6 Å². The van der Waals surface area contributed by atoms with Crippen molar-refractivity contribution in [3.63, 3.8) is 0 Å². The van der Waals surface area contributed by atoms with Gasteiger partial charge in [0.2, 0.25) is 5.88 Å². The summed E-state index contributed by atoms with van der Waals surface area (Å²) in [5.74, 6) is -0.254. The molecule has 1 aromatic heterocycles. The number of H-pyrrole nitrogens is 1. The summed E-state index contributed by atoms with van der Waals surface area (Å²) in [5.41, 5.74) is 2.76. The van der Waals surface area contributed by atoms with E-state index in [0.717, 1.165) is 10.1 Å². The van der Waals surface area contributed by atoms with Crippen LogP contribution < -0.4 is 16.7 Å². The quantitative estimate of drug-likeness (QED) is 0.618. The first-order valence-electron chi connectivity index (χ1n) is 6.61. The number of phenolic OH excluding ortho intramolecular Hbond substituents is 1. The summed E-state index contributed by atoms with van der Waals surface area (Å²) in [7, 11) is 1.36. The second-order valence-corrected chi connectivity index (χ2v) is 5.05. The van der Waals surface area contributed by atoms with Crippen molar-refractivity contribution in [2.45, 2.75) is 12.5 Å². The van der Waals surface area contributed by atoms with E-state index in [-0.39, 0.29) is 17.4 Å². The Hall–Kier alpha value is -3.03. The van der Waals surface area contributed by atoms with E-state index in [2.05, 4.69) is 15.5 Å². The van der Waals surface area contributed by atoms with Gasteiger partial charge in [0.1, 0.15) is 11.3 Å². The summed E-state index contributed by atoms with van der Waals surface area (Å²) in [6.07, 6.45) is 0.375. The van der Waals surface area contributed by atoms with Gasteiger partial charge >= 0.3 is 5.69 Å². The molecule has 1 aromatic carbocycles. The van der Waals surface area contributed by atoms with Crippen molar-refractivity contribution in [1.82, 2.24) is 15.0 Å². The Morgan fingerprint density at radius 3 is 2.59 bits per heavy atom. The van der Waals surface area contributed by atoms with Crippen LogP contribution in [0, 0.1) is 0 Å². The van der Waals surface area contributed by atoms with Crippen LogP contribution in [0.2, 0.25) is 0 Å². The van der Waals surface area contributed by atoms with Crippen LogP contribution in [0.3, 0.4) is 0 Å². The van der Waals surface area contributed by atoms with Crippen LogP contribution in [0.1, 0.15) is 23.6 Å². The maximum atomic E-state index is 11.9. The van der Waals surface area contributed by atoms with Gasteiger partial charge in [-0.2, -0.15) is 5.10 Å². The maximum absolute atomic E-state index is 11.9. The van der Waals surface area contributed by atoms with Gasteiger partial charge in [-0.05, 0) is 17.7 Å². The summed E-state index contributed by atoms with van der Waals surface area (Å²) in [4.78, 5) is 25.5. The SMILES string of the molecule is Cn1c(O)c(C2=NN[C@@H](c3ccc(O)cc3)C2)c(=O)[nH]c1=O. The zero-order chi connectivity index (χ0) is 15.9. The molecule has 0 aliphatic carbocycles. The molecule has 0 saturated carbocycles. The lowest BCUT2D eigenvalue weighted by Gasteiger charge is -2.10. The molecule has 2 aromatic rings. The highest BCUT2D eigenvalue weighted by atomic mass is 16.3. The van der Waals surface area contributed by atoms with Gasteiger partial charge < -0.3 is 15.6 Å². The van der Waals surface area contributed by atoms with E-state index in [4.69, 9.17) is 0 Å². The van der Waals surface area contributed by atoms with Gasteiger partial charge in [-0.3, -0.25) is 14.3 Å². The molecule has 8 nitrogen and oxygen atoms in total. The van der Waals surface area contributed by atoms with Crippen molar-refractivity contribution in [3.05, 3.63) is 56.2 Å². The molecule has 0 bridgehead atoms. The van der Waals surface area contributed by atoms with Crippen molar-refractivity contribution in [1.29, 1.82) is 0 Å². The number of hydrogen-bond acceptors (Lipinski definition) is 6. The van der Waals surface area contributed by atoms with Crippen LogP contribution in [-0.2, 0) is 7.05 Å². The zero-order valence-corrected chi connectivity index (χ0v) is 11.7. The standard InChI is InChI=1S/C14H14N4O4/c1-18-13(21)11(12(20)15-14(18)22)10-6-9(16-17-10)7-2-4-8(19)5-3-7/h2-5,9,16,19,21H,6H2,1H3,(H,15,20,22)/t9-/m1/s1. The second kappa shape index (κ2) is 5.06. The van der Waals surface area contributed by atoms with E-state index in [1.54, 1.807) is 24.3 Å². The third-order valence-corrected chi connectivity index (χ3v) is 3.63. The molecule has 0 radical (unpaired) electrons. The van der Waals surface area contributed by atoms with Gasteiger partial charge in [-0.1, -0.05) is 12.1 Å². The lowest BCUT2D eigenvalue weighted by Crippen LogP contribution is -2.32. The Bertz CT molecular complexity index is 864. The topological polar surface area (TPSA) is 120 Å². The Kier molecular flexibility index (Phi) is 3.21. The number of aromatic hydroxyl groups is 2. The number of nitrogens with one attached hydrogen (secondary N) is 2. The minimum absolute atomic E-state index is 0.0177. The second-order valence-electron chi connectivity index (χ2n) is 5.05. The summed E-state index contributed by atoms with van der Waals surface area (Å²) >= 11 is 0. The Morgan fingerprint density at radius 2 is 1.91 bits per heavy atom. The van der Waals surface area contributed by atoms with E-state index in [1.165, 1.54) is 7.05 Å². The van der Waals surface area contributed by atoms with Gasteiger partial charge in [-0.25, -0.2) is 4.79 Å². The highest BCUT2D eigenvalue weighted by Gasteiger charge is 2.26. The molecule has 1 aliphatic heterocycles. The highest BCUT2D eigenvalue weighted by Crippen LogP contribution is 2.26. The summed E-state index contributed by atoms with van der Waals surface area (Å²) in [5, 5.41) is 23.4. The van der Waals surface area contributed by atoms with E-state index < -0.39 is 17.1 Å². The fourth-order valence-electron chi connectivity index (χ4n) is 2.37. The van der Waals surface area contributed by atoms with E-state index in [1.807, 2.05) is 0 Å². The summed E-state index contributed by atoms with van der Waals surface area (Å²) in [6.45, 7) is 0. The van der Waals surface area contributed by atoms with Crippen LogP contribution in [0.25, 0.3) is 0 Å². The van der Waals surface area contributed by atoms with Gasteiger partial charge in [-0.15, -0.1) is 0 Å². The first-order chi connectivity index (χ1) is 10.5. The van der Waals surface area contributed by atoms with Crippen LogP contribution in [0.4, 0.5) is 0 Å². The number of nitrogens with zero attached hydrogens (tertiary/aromatic N) is 2. The first kappa shape index (κ1) is 13.9. The normalized spacial score (nSPS) is 17.1. The third kappa shape index (κ3) is 2.24. The van der Waals surface area contributed by atoms with Crippen molar-refractivity contribution in [2.75, 3.05) is 0 Å². The smallest absolute Gasteiger partial charge is 0.330 e. The van der Waals surface area contributed by atoms with Gasteiger partial charge in [0.15, 0.2) is 0 Å². The van der Waals surface area contributed by atoms with Crippen LogP contribution in [0.15, 0.2) is 39.0 Å². The number of benzene rings is 1. The predicted octanol–water partition coefficient (Wildman–Crippen LogP) is -0.0765. The molecule has 8 heteroatoms. The van der Waals surface area contributed by atoms with E-state index in [0.29, 0.717) is 12.1 Å². The lowest BCUT2D eigenvalue weighted by molar-refractivity contribution is 0.416. The molecule has 0 spiro atoms. The van der Waals surface area contributed by atoms with Gasteiger partial charge in [0.25, 0.3) is 5.56 Å². The average Bonchev–Trinajstić information content (AvgIpc) is 2.95. The minimum Gasteiger partial charge on any atom is -0.508 e. The Morgan fingerprint density at radius 1 is 1.23 bits per heavy atom. The molecule has 22 heavy (non-hydrogen) atoms. The number of aromatic nitrogens is 2. The molecule has 0 amide bonds. The number of hydrogen-bond donors (Lipinski definition) is 4. The zero-order valence-electron chi connectivity index (χ0n) is 11.7. The molecule has 3 rings (SSSR count). The molecule has 114 valence electrons. The molecule has 4 N–H and O–H groups in total. The van der Waals surface area contributed by atoms with Crippen LogP contribution in [-0.4, -0.2) is 25.5 Å². The molecule has 1 atom stereocenters. The summed E-state index contributed by atoms with van der Waals surface area (Å²) < 4.78 is 0.952. The van der Waals surface area contributed by atoms with Gasteiger partial charge in [0, 0.05) is 13.5 Å². The minimum atomic E-state index is -0.687. The Labute approximate surface area is 124 Å². The number of phenols is 1. The first-order valence-corrected chi connectivity index (χ1v) is 6.61. The van der Waals surface area contributed by atoms with Crippen molar-refractivity contribution in [3.8, 4) is 11.6 Å². The fraction of sp³-hybridized carbons (Fsp3) is 0.214. The van der Waals surface area contributed by atoms with Crippen molar-refractivity contribution >= 4 is 5.71 Å². The third-order valence-electron chi connectivity index (χ3n) is 3.63. The monoisotopic (exact) mass is 302 g/mol. The van der Waals surface area contributed by atoms with Gasteiger partial charge in [0.05, 0.1) is 11.8 Å². The Balaban J connectivity index is 1.93. The van der Waals surface area contributed by atoms with E-state index in [9.17, 15) is 19.8 Å². The molecule has 2 heterocycles. The molecule has 0 saturated heterocycles. The largest absolute Gasteiger partial charge is 0.508 e. The molecular formula is C14H14N4O4. The molecular weight excluding hydrogens is 288 g/mol.